The predicted molar refractivity (Wildman–Crippen MR) is 238 cm³/mol. The van der Waals surface area contributed by atoms with Crippen LogP contribution in [-0.4, -0.2) is 89.0 Å². The van der Waals surface area contributed by atoms with Gasteiger partial charge in [0, 0.05) is 12.8 Å². The second-order valence-corrected chi connectivity index (χ2v) is 16.5. The highest BCUT2D eigenvalue weighted by atomic mass is 16.7. The maximum Gasteiger partial charge on any atom is 0.306 e. The Morgan fingerprint density at radius 2 is 1.00 bits per heavy atom. The molecule has 59 heavy (non-hydrogen) atoms. The lowest BCUT2D eigenvalue weighted by Crippen LogP contribution is -2.59. The fourth-order valence-corrected chi connectivity index (χ4v) is 7.26. The van der Waals surface area contributed by atoms with Crippen LogP contribution in [0.5, 0.6) is 0 Å². The molecule has 10 nitrogen and oxygen atoms in total. The highest BCUT2D eigenvalue weighted by Gasteiger charge is 2.44. The largest absolute Gasteiger partial charge is 0.462 e. The second-order valence-electron chi connectivity index (χ2n) is 16.5. The van der Waals surface area contributed by atoms with Gasteiger partial charge in [-0.3, -0.25) is 9.59 Å². The molecule has 0 aromatic rings. The van der Waals surface area contributed by atoms with Gasteiger partial charge in [0.25, 0.3) is 0 Å². The summed E-state index contributed by atoms with van der Waals surface area (Å²) in [5.41, 5.74) is 0. The maximum atomic E-state index is 12.8. The van der Waals surface area contributed by atoms with E-state index in [9.17, 15) is 30.0 Å². The molecule has 0 amide bonds. The lowest BCUT2D eigenvalue weighted by molar-refractivity contribution is -0.305. The average molecular weight is 837 g/mol. The summed E-state index contributed by atoms with van der Waals surface area (Å²) in [4.78, 5) is 25.4. The van der Waals surface area contributed by atoms with Crippen LogP contribution in [0, 0.1) is 0 Å². The van der Waals surface area contributed by atoms with E-state index < -0.39 is 49.4 Å². The Morgan fingerprint density at radius 3 is 1.51 bits per heavy atom. The number of aliphatic hydroxyl groups is 4. The molecule has 0 spiro atoms. The highest BCUT2D eigenvalue weighted by molar-refractivity contribution is 5.70. The molecule has 6 unspecified atom stereocenters. The van der Waals surface area contributed by atoms with Crippen molar-refractivity contribution < 1.29 is 49.0 Å². The van der Waals surface area contributed by atoms with Crippen LogP contribution in [0.1, 0.15) is 206 Å². The van der Waals surface area contributed by atoms with Crippen molar-refractivity contribution in [3.05, 3.63) is 36.5 Å². The van der Waals surface area contributed by atoms with E-state index in [1.165, 1.54) is 109 Å². The van der Waals surface area contributed by atoms with Gasteiger partial charge in [0.1, 0.15) is 31.0 Å². The van der Waals surface area contributed by atoms with E-state index in [-0.39, 0.29) is 32.0 Å². The van der Waals surface area contributed by atoms with Crippen molar-refractivity contribution >= 4 is 11.9 Å². The summed E-state index contributed by atoms with van der Waals surface area (Å²) < 4.78 is 22.2. The molecule has 0 bridgehead atoms. The van der Waals surface area contributed by atoms with Gasteiger partial charge >= 0.3 is 11.9 Å². The number of esters is 2. The van der Waals surface area contributed by atoms with Crippen LogP contribution in [0.25, 0.3) is 0 Å². The molecule has 1 aliphatic heterocycles. The van der Waals surface area contributed by atoms with Gasteiger partial charge in [-0.05, 0) is 44.9 Å². The zero-order valence-corrected chi connectivity index (χ0v) is 37.5. The molecule has 344 valence electrons. The number of carbonyl (C=O) groups is 2. The SMILES string of the molecule is CC/C=C\C/C=C\C/C=C\CCCCCCCCCC(=O)OC(COC(=O)CCCCCCCCCCCCCCCCCCC)COC1OC(CO)C(O)C(O)C1O. The van der Waals surface area contributed by atoms with Crippen LogP contribution in [0.4, 0.5) is 0 Å². The first-order valence-corrected chi connectivity index (χ1v) is 24.1. The normalized spacial score (nSPS) is 20.3. The molecule has 0 aliphatic carbocycles. The molecule has 0 saturated carbocycles. The van der Waals surface area contributed by atoms with E-state index in [2.05, 4.69) is 50.3 Å². The zero-order valence-electron chi connectivity index (χ0n) is 37.5. The number of hydrogen-bond acceptors (Lipinski definition) is 10. The van der Waals surface area contributed by atoms with Crippen LogP contribution < -0.4 is 0 Å². The van der Waals surface area contributed by atoms with Crippen LogP contribution in [0.3, 0.4) is 0 Å². The number of unbranched alkanes of at least 4 members (excludes halogenated alkanes) is 23. The topological polar surface area (TPSA) is 152 Å². The summed E-state index contributed by atoms with van der Waals surface area (Å²) in [5.74, 6) is -0.810. The molecule has 6 atom stereocenters. The van der Waals surface area contributed by atoms with Gasteiger partial charge in [0.2, 0.25) is 0 Å². The van der Waals surface area contributed by atoms with Crippen LogP contribution in [-0.2, 0) is 28.5 Å². The molecule has 1 rings (SSSR count). The third kappa shape index (κ3) is 31.4. The van der Waals surface area contributed by atoms with Crippen molar-refractivity contribution in [3.63, 3.8) is 0 Å². The molecule has 1 heterocycles. The molecule has 4 N–H and O–H groups in total. The van der Waals surface area contributed by atoms with E-state index in [0.717, 1.165) is 64.2 Å². The number of allylic oxidation sites excluding steroid dienone is 6. The molecule has 1 fully saturated rings. The number of rotatable bonds is 40. The smallest absolute Gasteiger partial charge is 0.306 e. The van der Waals surface area contributed by atoms with E-state index in [1.54, 1.807) is 0 Å². The van der Waals surface area contributed by atoms with Gasteiger partial charge in [-0.15, -0.1) is 0 Å². The third-order valence-electron chi connectivity index (χ3n) is 11.0. The fourth-order valence-electron chi connectivity index (χ4n) is 7.26. The Balaban J connectivity index is 2.29. The van der Waals surface area contributed by atoms with Gasteiger partial charge in [-0.25, -0.2) is 0 Å². The first kappa shape index (κ1) is 54.9. The molecule has 1 aliphatic rings. The zero-order chi connectivity index (χ0) is 43.0. The van der Waals surface area contributed by atoms with Crippen molar-refractivity contribution in [1.29, 1.82) is 0 Å². The minimum absolute atomic E-state index is 0.219. The van der Waals surface area contributed by atoms with E-state index in [4.69, 9.17) is 18.9 Å². The minimum Gasteiger partial charge on any atom is -0.462 e. The van der Waals surface area contributed by atoms with Crippen LogP contribution in [0.2, 0.25) is 0 Å². The first-order valence-electron chi connectivity index (χ1n) is 24.1. The number of hydrogen-bond donors (Lipinski definition) is 4. The lowest BCUT2D eigenvalue weighted by Gasteiger charge is -2.39. The first-order chi connectivity index (χ1) is 28.8. The average Bonchev–Trinajstić information content (AvgIpc) is 3.23. The summed E-state index contributed by atoms with van der Waals surface area (Å²) in [6.07, 6.45) is 38.6. The molecule has 1 saturated heterocycles. The standard InChI is InChI=1S/C49H88O10/c1-3-5-7-9-11-13-15-17-19-21-23-25-27-29-31-33-35-37-44(51)56-40-42(41-57-49-48(55)47(54)46(53)43(39-50)59-49)58-45(52)38-36-34-32-30-28-26-24-22-20-18-16-14-12-10-8-6-4-2/h6,8,12,14,18,20,42-43,46-50,53-55H,3-5,7,9-11,13,15-17,19,21-41H2,1-2H3/b8-6-,14-12-,20-18-. The van der Waals surface area contributed by atoms with Gasteiger partial charge in [-0.1, -0.05) is 185 Å². The van der Waals surface area contributed by atoms with Crippen molar-refractivity contribution in [2.75, 3.05) is 19.8 Å². The summed E-state index contributed by atoms with van der Waals surface area (Å²) in [5, 5.41) is 40.1. The third-order valence-corrected chi connectivity index (χ3v) is 11.0. The van der Waals surface area contributed by atoms with E-state index in [1.807, 2.05) is 0 Å². The Morgan fingerprint density at radius 1 is 0.542 bits per heavy atom. The summed E-state index contributed by atoms with van der Waals surface area (Å²) in [7, 11) is 0. The molecular formula is C49H88O10. The van der Waals surface area contributed by atoms with Gasteiger partial charge < -0.3 is 39.4 Å². The Bertz CT molecular complexity index is 1060. The summed E-state index contributed by atoms with van der Waals surface area (Å²) in [6, 6.07) is 0. The quantitative estimate of drug-likeness (QED) is 0.0267. The van der Waals surface area contributed by atoms with Gasteiger partial charge in [0.05, 0.1) is 13.2 Å². The predicted octanol–water partition coefficient (Wildman–Crippen LogP) is 10.7. The minimum atomic E-state index is -1.60. The molecular weight excluding hydrogens is 749 g/mol. The number of aliphatic hydroxyl groups excluding tert-OH is 4. The molecule has 10 heteroatoms. The Kier molecular flexibility index (Phi) is 37.3. The monoisotopic (exact) mass is 837 g/mol. The highest BCUT2D eigenvalue weighted by Crippen LogP contribution is 2.23. The Hall–Kier alpha value is -2.08. The van der Waals surface area contributed by atoms with Crippen molar-refractivity contribution in [2.24, 2.45) is 0 Å². The summed E-state index contributed by atoms with van der Waals surface area (Å²) in [6.45, 7) is 3.32. The molecule has 0 aromatic carbocycles. The van der Waals surface area contributed by atoms with Crippen LogP contribution >= 0.6 is 0 Å². The second kappa shape index (κ2) is 40.0. The number of ether oxygens (including phenoxy) is 4. The number of carbonyl (C=O) groups excluding carboxylic acids is 2. The van der Waals surface area contributed by atoms with Crippen molar-refractivity contribution in [3.8, 4) is 0 Å². The van der Waals surface area contributed by atoms with Gasteiger partial charge in [-0.2, -0.15) is 0 Å². The lowest BCUT2D eigenvalue weighted by atomic mass is 9.99. The molecule has 0 radical (unpaired) electrons. The van der Waals surface area contributed by atoms with Crippen molar-refractivity contribution in [2.45, 2.75) is 243 Å². The molecule has 0 aromatic heterocycles. The van der Waals surface area contributed by atoms with E-state index >= 15 is 0 Å². The maximum absolute atomic E-state index is 12.8. The van der Waals surface area contributed by atoms with Gasteiger partial charge in [0.15, 0.2) is 12.4 Å². The fraction of sp³-hybridized carbons (Fsp3) is 0.837. The summed E-state index contributed by atoms with van der Waals surface area (Å²) >= 11 is 0. The van der Waals surface area contributed by atoms with Crippen molar-refractivity contribution in [1.82, 2.24) is 0 Å². The van der Waals surface area contributed by atoms with E-state index in [0.29, 0.717) is 6.42 Å². The Labute approximate surface area is 359 Å². The van der Waals surface area contributed by atoms with Crippen LogP contribution in [0.15, 0.2) is 36.5 Å².